The van der Waals surface area contributed by atoms with E-state index in [9.17, 15) is 4.79 Å². The first-order valence-electron chi connectivity index (χ1n) is 10.3. The van der Waals surface area contributed by atoms with Crippen LogP contribution in [-0.4, -0.2) is 28.4 Å². The highest BCUT2D eigenvalue weighted by Gasteiger charge is 2.18. The van der Waals surface area contributed by atoms with Gasteiger partial charge in [0.25, 0.3) is 11.1 Å². The van der Waals surface area contributed by atoms with Gasteiger partial charge in [-0.1, -0.05) is 30.0 Å². The molecule has 0 atom stereocenters. The Morgan fingerprint density at radius 3 is 2.56 bits per heavy atom. The molecule has 1 aromatic heterocycles. The first-order valence-corrected chi connectivity index (χ1v) is 11.2. The van der Waals surface area contributed by atoms with Gasteiger partial charge in [-0.3, -0.25) is 4.79 Å². The Labute approximate surface area is 192 Å². The lowest BCUT2D eigenvalue weighted by Crippen LogP contribution is -2.33. The van der Waals surface area contributed by atoms with Gasteiger partial charge in [-0.25, -0.2) is 0 Å². The van der Waals surface area contributed by atoms with E-state index in [4.69, 9.17) is 14.4 Å². The number of aryl methyl sites for hydroxylation is 4. The number of amides is 1. The van der Waals surface area contributed by atoms with Gasteiger partial charge < -0.3 is 14.1 Å². The molecule has 7 nitrogen and oxygen atoms in total. The predicted molar refractivity (Wildman–Crippen MR) is 124 cm³/mol. The SMILES string of the molecule is Cc1cc(C)cc(N(CCC#N)C(=O)CSc2nnc(COc3cc(C)ccc3C)o2)c1. The maximum absolute atomic E-state index is 12.9. The second kappa shape index (κ2) is 10.8. The minimum Gasteiger partial charge on any atom is -0.484 e. The van der Waals surface area contributed by atoms with Crippen LogP contribution in [0, 0.1) is 39.0 Å². The molecular formula is C24H26N4O3S. The number of nitrogens with zero attached hydrogens (tertiary/aromatic N) is 4. The molecule has 166 valence electrons. The summed E-state index contributed by atoms with van der Waals surface area (Å²) in [6, 6.07) is 14.0. The number of thioether (sulfide) groups is 1. The molecule has 0 aliphatic rings. The Morgan fingerprint density at radius 1 is 1.09 bits per heavy atom. The summed E-state index contributed by atoms with van der Waals surface area (Å²) in [7, 11) is 0. The van der Waals surface area contributed by atoms with Gasteiger partial charge in [0.15, 0.2) is 6.61 Å². The van der Waals surface area contributed by atoms with Crippen molar-refractivity contribution in [3.05, 3.63) is 64.5 Å². The quantitative estimate of drug-likeness (QED) is 0.427. The largest absolute Gasteiger partial charge is 0.484 e. The van der Waals surface area contributed by atoms with Gasteiger partial charge >= 0.3 is 0 Å². The van der Waals surface area contributed by atoms with Crippen molar-refractivity contribution in [1.82, 2.24) is 10.2 Å². The number of aromatic nitrogens is 2. The van der Waals surface area contributed by atoms with Crippen molar-refractivity contribution in [3.8, 4) is 11.8 Å². The average Bonchev–Trinajstić information content (AvgIpc) is 3.20. The number of anilines is 1. The predicted octanol–water partition coefficient (Wildman–Crippen LogP) is 4.92. The Kier molecular flexibility index (Phi) is 7.90. The second-order valence-corrected chi connectivity index (χ2v) is 8.53. The smallest absolute Gasteiger partial charge is 0.277 e. The average molecular weight is 451 g/mol. The van der Waals surface area contributed by atoms with E-state index in [0.29, 0.717) is 17.7 Å². The summed E-state index contributed by atoms with van der Waals surface area (Å²) in [6.45, 7) is 8.43. The molecule has 0 spiro atoms. The lowest BCUT2D eigenvalue weighted by molar-refractivity contribution is -0.116. The summed E-state index contributed by atoms with van der Waals surface area (Å²) in [5.41, 5.74) is 5.05. The Morgan fingerprint density at radius 2 is 1.84 bits per heavy atom. The molecule has 1 amide bonds. The lowest BCUT2D eigenvalue weighted by atomic mass is 10.1. The molecule has 3 rings (SSSR count). The van der Waals surface area contributed by atoms with Gasteiger partial charge in [-0.05, 0) is 68.1 Å². The van der Waals surface area contributed by atoms with Crippen LogP contribution in [0.4, 0.5) is 5.69 Å². The van der Waals surface area contributed by atoms with E-state index in [0.717, 1.165) is 33.7 Å². The zero-order valence-corrected chi connectivity index (χ0v) is 19.5. The highest BCUT2D eigenvalue weighted by molar-refractivity contribution is 7.99. The van der Waals surface area contributed by atoms with Crippen molar-refractivity contribution in [2.75, 3.05) is 17.2 Å². The Bertz CT molecular complexity index is 1120. The van der Waals surface area contributed by atoms with Crippen molar-refractivity contribution >= 4 is 23.4 Å². The normalized spacial score (nSPS) is 10.6. The molecule has 0 bridgehead atoms. The van der Waals surface area contributed by atoms with Gasteiger partial charge in [-0.2, -0.15) is 5.26 Å². The van der Waals surface area contributed by atoms with E-state index in [1.807, 2.05) is 64.1 Å². The molecule has 3 aromatic rings. The summed E-state index contributed by atoms with van der Waals surface area (Å²) >= 11 is 1.17. The fourth-order valence-electron chi connectivity index (χ4n) is 3.22. The number of nitriles is 1. The summed E-state index contributed by atoms with van der Waals surface area (Å²) < 4.78 is 11.4. The molecule has 0 radical (unpaired) electrons. The Hall–Kier alpha value is -3.31. The first kappa shape index (κ1) is 23.4. The monoisotopic (exact) mass is 450 g/mol. The lowest BCUT2D eigenvalue weighted by Gasteiger charge is -2.22. The van der Waals surface area contributed by atoms with Crippen molar-refractivity contribution in [2.24, 2.45) is 0 Å². The molecule has 32 heavy (non-hydrogen) atoms. The third-order valence-corrected chi connectivity index (χ3v) is 5.53. The van der Waals surface area contributed by atoms with E-state index in [2.05, 4.69) is 16.3 Å². The summed E-state index contributed by atoms with van der Waals surface area (Å²) in [4.78, 5) is 14.5. The second-order valence-electron chi connectivity index (χ2n) is 7.61. The summed E-state index contributed by atoms with van der Waals surface area (Å²) in [5, 5.41) is 17.3. The minimum absolute atomic E-state index is 0.123. The van der Waals surface area contributed by atoms with Crippen molar-refractivity contribution in [3.63, 3.8) is 0 Å². The fourth-order valence-corrected chi connectivity index (χ4v) is 3.88. The highest BCUT2D eigenvalue weighted by Crippen LogP contribution is 2.24. The summed E-state index contributed by atoms with van der Waals surface area (Å²) in [6.07, 6.45) is 0.254. The van der Waals surface area contributed by atoms with Crippen LogP contribution in [0.3, 0.4) is 0 Å². The molecule has 0 saturated heterocycles. The van der Waals surface area contributed by atoms with Crippen molar-refractivity contribution in [1.29, 1.82) is 5.26 Å². The highest BCUT2D eigenvalue weighted by atomic mass is 32.2. The maximum atomic E-state index is 12.9. The molecule has 1 heterocycles. The van der Waals surface area contributed by atoms with Crippen LogP contribution in [-0.2, 0) is 11.4 Å². The number of ether oxygens (including phenoxy) is 1. The number of carbonyl (C=O) groups excluding carboxylic acids is 1. The molecule has 0 N–H and O–H groups in total. The third-order valence-electron chi connectivity index (χ3n) is 4.73. The van der Waals surface area contributed by atoms with Gasteiger partial charge in [0.1, 0.15) is 5.75 Å². The third kappa shape index (κ3) is 6.34. The fraction of sp³-hybridized carbons (Fsp3) is 0.333. The van der Waals surface area contributed by atoms with Crippen LogP contribution in [0.25, 0.3) is 0 Å². The Balaban J connectivity index is 1.61. The van der Waals surface area contributed by atoms with Gasteiger partial charge in [-0.15, -0.1) is 10.2 Å². The molecular weight excluding hydrogens is 424 g/mol. The zero-order valence-electron chi connectivity index (χ0n) is 18.7. The van der Waals surface area contributed by atoms with Crippen LogP contribution in [0.15, 0.2) is 46.0 Å². The van der Waals surface area contributed by atoms with E-state index in [-0.39, 0.29) is 24.7 Å². The van der Waals surface area contributed by atoms with E-state index >= 15 is 0 Å². The van der Waals surface area contributed by atoms with Crippen LogP contribution in [0.1, 0.15) is 34.6 Å². The number of hydrogen-bond donors (Lipinski definition) is 0. The van der Waals surface area contributed by atoms with E-state index in [1.54, 1.807) is 4.90 Å². The molecule has 0 fully saturated rings. The van der Waals surface area contributed by atoms with E-state index < -0.39 is 0 Å². The van der Waals surface area contributed by atoms with E-state index in [1.165, 1.54) is 11.8 Å². The standard InChI is InChI=1S/C24H26N4O3S/c1-16-6-7-19(4)21(13-16)30-14-22-26-27-24(31-22)32-15-23(29)28(9-5-8-25)20-11-17(2)10-18(3)12-20/h6-7,10-13H,5,9,14-15H2,1-4H3. The molecule has 0 unspecified atom stereocenters. The van der Waals surface area contributed by atoms with Crippen molar-refractivity contribution < 1.29 is 13.9 Å². The van der Waals surface area contributed by atoms with Crippen LogP contribution in [0.2, 0.25) is 0 Å². The minimum atomic E-state index is -0.123. The molecule has 2 aromatic carbocycles. The first-order chi connectivity index (χ1) is 15.4. The zero-order chi connectivity index (χ0) is 23.1. The molecule has 0 aliphatic carbocycles. The van der Waals surface area contributed by atoms with Crippen LogP contribution in [0.5, 0.6) is 5.75 Å². The van der Waals surface area contributed by atoms with Gasteiger partial charge in [0.2, 0.25) is 5.91 Å². The topological polar surface area (TPSA) is 92.2 Å². The number of benzene rings is 2. The molecule has 8 heteroatoms. The summed E-state index contributed by atoms with van der Waals surface area (Å²) in [5.74, 6) is 1.12. The maximum Gasteiger partial charge on any atom is 0.277 e. The van der Waals surface area contributed by atoms with Crippen LogP contribution >= 0.6 is 11.8 Å². The van der Waals surface area contributed by atoms with Gasteiger partial charge in [0.05, 0.1) is 18.2 Å². The van der Waals surface area contributed by atoms with Crippen molar-refractivity contribution in [2.45, 2.75) is 45.9 Å². The number of hydrogen-bond acceptors (Lipinski definition) is 7. The molecule has 0 aliphatic heterocycles. The molecule has 0 saturated carbocycles. The number of carbonyl (C=O) groups is 1. The van der Waals surface area contributed by atoms with Gasteiger partial charge in [0, 0.05) is 12.2 Å². The van der Waals surface area contributed by atoms with Crippen LogP contribution < -0.4 is 9.64 Å². The number of rotatable bonds is 9.